The van der Waals surface area contributed by atoms with E-state index in [1.165, 1.54) is 4.90 Å². The summed E-state index contributed by atoms with van der Waals surface area (Å²) in [6.07, 6.45) is 2.14. The fourth-order valence-corrected chi connectivity index (χ4v) is 4.60. The Kier molecular flexibility index (Phi) is 4.55. The molecule has 9 heteroatoms. The van der Waals surface area contributed by atoms with Crippen molar-refractivity contribution in [3.05, 3.63) is 17.0 Å². The van der Waals surface area contributed by atoms with Gasteiger partial charge >= 0.3 is 6.03 Å². The van der Waals surface area contributed by atoms with Crippen LogP contribution in [0.1, 0.15) is 36.3 Å². The number of nitrogens with zero attached hydrogens (tertiary/aromatic N) is 4. The van der Waals surface area contributed by atoms with Crippen LogP contribution in [0.2, 0.25) is 0 Å². The van der Waals surface area contributed by atoms with E-state index in [1.54, 1.807) is 7.05 Å². The van der Waals surface area contributed by atoms with Crippen molar-refractivity contribution in [2.24, 2.45) is 5.41 Å². The molecule has 1 atom stereocenters. The van der Waals surface area contributed by atoms with E-state index in [2.05, 4.69) is 10.5 Å². The zero-order chi connectivity index (χ0) is 20.1. The number of likely N-dealkylation sites (tertiary alicyclic amines) is 2. The minimum atomic E-state index is -0.465. The molecule has 3 saturated heterocycles. The first-order chi connectivity index (χ1) is 13.3. The molecule has 4 heterocycles. The highest BCUT2D eigenvalue weighted by molar-refractivity contribution is 5.90. The monoisotopic (exact) mass is 389 g/mol. The summed E-state index contributed by atoms with van der Waals surface area (Å²) < 4.78 is 5.22. The Morgan fingerprint density at radius 3 is 2.57 bits per heavy atom. The van der Waals surface area contributed by atoms with Gasteiger partial charge in [-0.2, -0.15) is 0 Å². The Labute approximate surface area is 164 Å². The van der Waals surface area contributed by atoms with Crippen molar-refractivity contribution >= 4 is 17.8 Å². The minimum absolute atomic E-state index is 0.0237. The van der Waals surface area contributed by atoms with Crippen LogP contribution in [-0.4, -0.2) is 77.0 Å². The summed E-state index contributed by atoms with van der Waals surface area (Å²) in [5.41, 5.74) is 1.75. The van der Waals surface area contributed by atoms with Gasteiger partial charge in [0, 0.05) is 44.1 Å². The van der Waals surface area contributed by atoms with Gasteiger partial charge in [0.15, 0.2) is 0 Å². The van der Waals surface area contributed by atoms with Gasteiger partial charge in [0.2, 0.25) is 11.8 Å². The lowest BCUT2D eigenvalue weighted by atomic mass is 9.77. The second-order valence-electron chi connectivity index (χ2n) is 8.44. The van der Waals surface area contributed by atoms with E-state index in [1.807, 2.05) is 23.6 Å². The van der Waals surface area contributed by atoms with Gasteiger partial charge in [-0.05, 0) is 26.7 Å². The number of aromatic nitrogens is 1. The van der Waals surface area contributed by atoms with Gasteiger partial charge in [-0.25, -0.2) is 4.79 Å². The van der Waals surface area contributed by atoms with Crippen LogP contribution in [0.5, 0.6) is 0 Å². The molecule has 3 aliphatic heterocycles. The number of urea groups is 1. The lowest BCUT2D eigenvalue weighted by Crippen LogP contribution is -2.50. The predicted octanol–water partition coefficient (Wildman–Crippen LogP) is 0.656. The van der Waals surface area contributed by atoms with Crippen molar-refractivity contribution in [2.75, 3.05) is 33.2 Å². The summed E-state index contributed by atoms with van der Waals surface area (Å²) in [4.78, 5) is 42.2. The van der Waals surface area contributed by atoms with E-state index < -0.39 is 6.04 Å². The first-order valence-corrected chi connectivity index (χ1v) is 9.78. The smallest absolute Gasteiger partial charge is 0.317 e. The minimum Gasteiger partial charge on any atom is -0.361 e. The molecule has 4 rings (SSSR count). The number of hydrogen-bond acceptors (Lipinski definition) is 5. The summed E-state index contributed by atoms with van der Waals surface area (Å²) >= 11 is 0. The molecule has 1 unspecified atom stereocenters. The van der Waals surface area contributed by atoms with Crippen LogP contribution in [0.4, 0.5) is 4.79 Å². The molecule has 1 N–H and O–H groups in total. The number of aryl methyl sites for hydroxylation is 2. The molecule has 4 amide bonds. The molecular formula is C19H27N5O4. The van der Waals surface area contributed by atoms with Gasteiger partial charge in [-0.3, -0.25) is 9.59 Å². The molecular weight excluding hydrogens is 362 g/mol. The van der Waals surface area contributed by atoms with Crippen molar-refractivity contribution in [2.45, 2.75) is 45.7 Å². The van der Waals surface area contributed by atoms with Crippen LogP contribution in [0.3, 0.4) is 0 Å². The van der Waals surface area contributed by atoms with Crippen molar-refractivity contribution in [3.8, 4) is 0 Å². The van der Waals surface area contributed by atoms with Gasteiger partial charge in [-0.15, -0.1) is 0 Å². The quantitative estimate of drug-likeness (QED) is 0.819. The maximum Gasteiger partial charge on any atom is 0.317 e. The van der Waals surface area contributed by atoms with Crippen molar-refractivity contribution in [1.29, 1.82) is 0 Å². The van der Waals surface area contributed by atoms with Gasteiger partial charge < -0.3 is 24.5 Å². The Bertz CT molecular complexity index is 792. The average Bonchev–Trinajstić information content (AvgIpc) is 3.27. The topological polar surface area (TPSA) is 99.0 Å². The second-order valence-corrected chi connectivity index (χ2v) is 8.44. The zero-order valence-corrected chi connectivity index (χ0v) is 16.7. The number of carbonyl (C=O) groups is 3. The van der Waals surface area contributed by atoms with Crippen LogP contribution < -0.4 is 5.32 Å². The molecule has 0 bridgehead atoms. The first-order valence-electron chi connectivity index (χ1n) is 9.78. The number of nitrogens with one attached hydrogen (secondary N) is 1. The highest BCUT2D eigenvalue weighted by Crippen LogP contribution is 2.41. The fourth-order valence-electron chi connectivity index (χ4n) is 4.60. The normalized spacial score (nSPS) is 24.4. The van der Waals surface area contributed by atoms with E-state index in [-0.39, 0.29) is 23.3 Å². The van der Waals surface area contributed by atoms with E-state index in [9.17, 15) is 14.4 Å². The number of rotatable bonds is 3. The van der Waals surface area contributed by atoms with Gasteiger partial charge in [0.05, 0.1) is 18.8 Å². The lowest BCUT2D eigenvalue weighted by molar-refractivity contribution is -0.135. The standard InChI is InChI=1S/C19H27N5O4/c1-12-14(13(2)28-21-12)9-24-11-19(8-16(24)25)4-6-23(7-5-19)17(26)15-10-22(3)18(27)20-15/h15H,4-11H2,1-3H3,(H,20,27). The molecule has 3 aliphatic rings. The van der Waals surface area contributed by atoms with Crippen LogP contribution >= 0.6 is 0 Å². The largest absolute Gasteiger partial charge is 0.361 e. The Hall–Kier alpha value is -2.58. The first kappa shape index (κ1) is 18.8. The predicted molar refractivity (Wildman–Crippen MR) is 99.2 cm³/mol. The molecule has 0 radical (unpaired) electrons. The Morgan fingerprint density at radius 2 is 2.00 bits per heavy atom. The maximum absolute atomic E-state index is 12.7. The molecule has 0 saturated carbocycles. The highest BCUT2D eigenvalue weighted by Gasteiger charge is 2.46. The second kappa shape index (κ2) is 6.79. The van der Waals surface area contributed by atoms with E-state index >= 15 is 0 Å². The van der Waals surface area contributed by atoms with Crippen LogP contribution in [0, 0.1) is 19.3 Å². The zero-order valence-electron chi connectivity index (χ0n) is 16.7. The third-order valence-corrected chi connectivity index (χ3v) is 6.47. The molecule has 1 aromatic rings. The summed E-state index contributed by atoms with van der Waals surface area (Å²) in [5.74, 6) is 0.893. The third kappa shape index (κ3) is 3.22. The molecule has 28 heavy (non-hydrogen) atoms. The third-order valence-electron chi connectivity index (χ3n) is 6.47. The summed E-state index contributed by atoms with van der Waals surface area (Å²) in [6.45, 7) is 6.66. The molecule has 1 aromatic heterocycles. The van der Waals surface area contributed by atoms with Crippen LogP contribution in [-0.2, 0) is 16.1 Å². The van der Waals surface area contributed by atoms with E-state index in [0.717, 1.165) is 29.9 Å². The highest BCUT2D eigenvalue weighted by atomic mass is 16.5. The number of carbonyl (C=O) groups excluding carboxylic acids is 3. The number of piperidine rings is 1. The van der Waals surface area contributed by atoms with Crippen molar-refractivity contribution in [1.82, 2.24) is 25.2 Å². The molecule has 152 valence electrons. The van der Waals surface area contributed by atoms with Crippen LogP contribution in [0.15, 0.2) is 4.52 Å². The maximum atomic E-state index is 12.7. The lowest BCUT2D eigenvalue weighted by Gasteiger charge is -2.39. The summed E-state index contributed by atoms with van der Waals surface area (Å²) in [6, 6.07) is -0.670. The van der Waals surface area contributed by atoms with Crippen molar-refractivity contribution in [3.63, 3.8) is 0 Å². The molecule has 0 aromatic carbocycles. The summed E-state index contributed by atoms with van der Waals surface area (Å²) in [5, 5.41) is 6.70. The van der Waals surface area contributed by atoms with E-state index in [0.29, 0.717) is 39.1 Å². The molecule has 9 nitrogen and oxygen atoms in total. The number of likely N-dealkylation sites (N-methyl/N-ethyl adjacent to an activating group) is 1. The molecule has 1 spiro atoms. The van der Waals surface area contributed by atoms with Gasteiger partial charge in [-0.1, -0.05) is 5.16 Å². The average molecular weight is 389 g/mol. The van der Waals surface area contributed by atoms with Crippen LogP contribution in [0.25, 0.3) is 0 Å². The number of amides is 4. The van der Waals surface area contributed by atoms with Gasteiger partial charge in [0.25, 0.3) is 0 Å². The molecule has 3 fully saturated rings. The van der Waals surface area contributed by atoms with Gasteiger partial charge in [0.1, 0.15) is 11.8 Å². The van der Waals surface area contributed by atoms with E-state index in [4.69, 9.17) is 4.52 Å². The Balaban J connectivity index is 1.36. The number of hydrogen-bond donors (Lipinski definition) is 1. The molecule has 0 aliphatic carbocycles. The van der Waals surface area contributed by atoms with Crippen molar-refractivity contribution < 1.29 is 18.9 Å². The fraction of sp³-hybridized carbons (Fsp3) is 0.684. The summed E-state index contributed by atoms with van der Waals surface area (Å²) in [7, 11) is 1.69. The SMILES string of the molecule is Cc1noc(C)c1CN1CC2(CCN(C(=O)C3CN(C)C(=O)N3)CC2)CC1=O. The Morgan fingerprint density at radius 1 is 1.29 bits per heavy atom.